The fourth-order valence-corrected chi connectivity index (χ4v) is 3.72. The smallest absolute Gasteiger partial charge is 0.326 e. The first-order valence-corrected chi connectivity index (χ1v) is 10.4. The molecular weight excluding hydrogens is 410 g/mol. The second-order valence-corrected chi connectivity index (χ2v) is 7.85. The number of hydrogen-bond acceptors (Lipinski definition) is 6. The van der Waals surface area contributed by atoms with Crippen LogP contribution in [0.1, 0.15) is 17.5 Å². The highest BCUT2D eigenvalue weighted by molar-refractivity contribution is 5.91. The molecule has 8 nitrogen and oxygen atoms in total. The van der Waals surface area contributed by atoms with Gasteiger partial charge in [0.25, 0.3) is 0 Å². The van der Waals surface area contributed by atoms with E-state index in [0.717, 1.165) is 11.1 Å². The Morgan fingerprint density at radius 1 is 1.06 bits per heavy atom. The van der Waals surface area contributed by atoms with Gasteiger partial charge in [0.15, 0.2) is 5.78 Å². The average molecular weight is 437 g/mol. The number of amides is 1. The van der Waals surface area contributed by atoms with Crippen molar-refractivity contribution in [1.29, 1.82) is 0 Å². The van der Waals surface area contributed by atoms with Crippen molar-refractivity contribution in [3.63, 3.8) is 0 Å². The molecule has 1 heterocycles. The van der Waals surface area contributed by atoms with Gasteiger partial charge in [0.2, 0.25) is 5.91 Å². The third kappa shape index (κ3) is 6.18. The molecule has 0 radical (unpaired) electrons. The molecule has 1 aliphatic rings. The SMILES string of the molecule is N[C@@H](Cc1ccc(O)cc1)C(=O)NCC1CC(=O)C=CN1[C@@H](Cc1ccccc1)C(=O)O. The number of allylic oxidation sites excluding steroid dienone is 1. The van der Waals surface area contributed by atoms with Crippen molar-refractivity contribution in [3.05, 3.63) is 78.0 Å². The highest BCUT2D eigenvalue weighted by Gasteiger charge is 2.33. The van der Waals surface area contributed by atoms with Crippen LogP contribution in [0.25, 0.3) is 0 Å². The summed E-state index contributed by atoms with van der Waals surface area (Å²) in [5.41, 5.74) is 7.68. The van der Waals surface area contributed by atoms with Crippen molar-refractivity contribution in [2.75, 3.05) is 6.54 Å². The number of rotatable bonds is 9. The van der Waals surface area contributed by atoms with Gasteiger partial charge in [-0.2, -0.15) is 0 Å². The average Bonchev–Trinajstić information content (AvgIpc) is 2.78. The molecule has 0 saturated carbocycles. The molecule has 1 unspecified atom stereocenters. The molecule has 0 fully saturated rings. The van der Waals surface area contributed by atoms with Gasteiger partial charge in [-0.3, -0.25) is 9.59 Å². The molecule has 5 N–H and O–H groups in total. The third-order valence-corrected chi connectivity index (χ3v) is 5.45. The lowest BCUT2D eigenvalue weighted by Gasteiger charge is -2.37. The van der Waals surface area contributed by atoms with E-state index < -0.39 is 30.0 Å². The van der Waals surface area contributed by atoms with E-state index in [0.29, 0.717) is 0 Å². The van der Waals surface area contributed by atoms with Crippen molar-refractivity contribution in [1.82, 2.24) is 10.2 Å². The number of hydrogen-bond donors (Lipinski definition) is 4. The first kappa shape index (κ1) is 23.0. The lowest BCUT2D eigenvalue weighted by molar-refractivity contribution is -0.143. The van der Waals surface area contributed by atoms with Gasteiger partial charge in [-0.15, -0.1) is 0 Å². The van der Waals surface area contributed by atoms with Crippen molar-refractivity contribution < 1.29 is 24.6 Å². The molecule has 0 aromatic heterocycles. The summed E-state index contributed by atoms with van der Waals surface area (Å²) in [6.07, 6.45) is 3.52. The van der Waals surface area contributed by atoms with Gasteiger partial charge in [-0.1, -0.05) is 42.5 Å². The number of phenols is 1. The highest BCUT2D eigenvalue weighted by Crippen LogP contribution is 2.19. The quantitative estimate of drug-likeness (QED) is 0.464. The fourth-order valence-electron chi connectivity index (χ4n) is 3.72. The van der Waals surface area contributed by atoms with Gasteiger partial charge in [0.1, 0.15) is 11.8 Å². The van der Waals surface area contributed by atoms with Gasteiger partial charge in [0.05, 0.1) is 12.1 Å². The van der Waals surface area contributed by atoms with Crippen molar-refractivity contribution in [3.8, 4) is 5.75 Å². The van der Waals surface area contributed by atoms with Crippen LogP contribution in [0.3, 0.4) is 0 Å². The van der Waals surface area contributed by atoms with E-state index in [4.69, 9.17) is 5.73 Å². The molecule has 0 bridgehead atoms. The molecule has 32 heavy (non-hydrogen) atoms. The Morgan fingerprint density at radius 3 is 2.38 bits per heavy atom. The van der Waals surface area contributed by atoms with Gasteiger partial charge < -0.3 is 26.2 Å². The van der Waals surface area contributed by atoms with E-state index in [2.05, 4.69) is 5.32 Å². The molecule has 3 rings (SSSR count). The summed E-state index contributed by atoms with van der Waals surface area (Å²) in [6.45, 7) is 0.0940. The van der Waals surface area contributed by atoms with E-state index in [-0.39, 0.29) is 37.3 Å². The molecule has 168 valence electrons. The minimum absolute atomic E-state index is 0.0940. The number of aliphatic carboxylic acids is 1. The zero-order valence-corrected chi connectivity index (χ0v) is 17.6. The molecule has 0 saturated heterocycles. The zero-order chi connectivity index (χ0) is 23.1. The van der Waals surface area contributed by atoms with Gasteiger partial charge in [-0.25, -0.2) is 4.79 Å². The Kier molecular flexibility index (Phi) is 7.62. The van der Waals surface area contributed by atoms with Crippen LogP contribution in [0.5, 0.6) is 5.75 Å². The summed E-state index contributed by atoms with van der Waals surface area (Å²) in [4.78, 5) is 38.2. The third-order valence-electron chi connectivity index (χ3n) is 5.45. The maximum absolute atomic E-state index is 12.5. The van der Waals surface area contributed by atoms with Crippen molar-refractivity contribution in [2.45, 2.75) is 37.4 Å². The van der Waals surface area contributed by atoms with Gasteiger partial charge in [0, 0.05) is 25.6 Å². The summed E-state index contributed by atoms with van der Waals surface area (Å²) in [7, 11) is 0. The number of phenolic OH excluding ortho intramolecular Hbond substituents is 1. The number of nitrogens with one attached hydrogen (secondary N) is 1. The highest BCUT2D eigenvalue weighted by atomic mass is 16.4. The maximum Gasteiger partial charge on any atom is 0.326 e. The van der Waals surface area contributed by atoms with Crippen LogP contribution in [-0.2, 0) is 27.2 Å². The van der Waals surface area contributed by atoms with E-state index in [9.17, 15) is 24.6 Å². The van der Waals surface area contributed by atoms with E-state index >= 15 is 0 Å². The number of aromatic hydroxyl groups is 1. The number of nitrogens with two attached hydrogens (primary N) is 1. The minimum atomic E-state index is -1.01. The summed E-state index contributed by atoms with van der Waals surface area (Å²) in [5, 5.41) is 22.0. The summed E-state index contributed by atoms with van der Waals surface area (Å²) in [6, 6.07) is 13.5. The van der Waals surface area contributed by atoms with Gasteiger partial charge >= 0.3 is 5.97 Å². The second kappa shape index (κ2) is 10.6. The van der Waals surface area contributed by atoms with E-state index in [1.54, 1.807) is 17.0 Å². The number of carboxylic acids is 1. The van der Waals surface area contributed by atoms with Crippen LogP contribution in [0.15, 0.2) is 66.9 Å². The van der Waals surface area contributed by atoms with Crippen LogP contribution in [0, 0.1) is 0 Å². The minimum Gasteiger partial charge on any atom is -0.508 e. The van der Waals surface area contributed by atoms with E-state index in [1.165, 1.54) is 24.4 Å². The summed E-state index contributed by atoms with van der Waals surface area (Å²) >= 11 is 0. The van der Waals surface area contributed by atoms with Gasteiger partial charge in [-0.05, 0) is 35.8 Å². The molecular formula is C24H27N3O5. The first-order valence-electron chi connectivity index (χ1n) is 10.4. The Balaban J connectivity index is 1.65. The monoisotopic (exact) mass is 437 g/mol. The lowest BCUT2D eigenvalue weighted by Crippen LogP contribution is -2.53. The Bertz CT molecular complexity index is 975. The molecule has 2 aromatic carbocycles. The van der Waals surface area contributed by atoms with Crippen LogP contribution in [0.2, 0.25) is 0 Å². The Morgan fingerprint density at radius 2 is 1.72 bits per heavy atom. The molecule has 1 amide bonds. The summed E-state index contributed by atoms with van der Waals surface area (Å²) in [5.74, 6) is -1.40. The largest absolute Gasteiger partial charge is 0.508 e. The lowest BCUT2D eigenvalue weighted by atomic mass is 9.98. The Labute approximate surface area is 186 Å². The van der Waals surface area contributed by atoms with Crippen molar-refractivity contribution in [2.24, 2.45) is 5.73 Å². The standard InChI is InChI=1S/C24H27N3O5/c25-21(12-17-6-8-19(28)9-7-17)23(30)26-15-18-14-20(29)10-11-27(18)22(24(31)32)13-16-4-2-1-3-5-16/h1-11,18,21-22,28H,12-15,25H2,(H,26,30)(H,31,32)/t18?,21-,22-/m0/s1. The fraction of sp³-hybridized carbons (Fsp3) is 0.292. The number of carbonyl (C=O) groups excluding carboxylic acids is 2. The zero-order valence-electron chi connectivity index (χ0n) is 17.6. The molecule has 3 atom stereocenters. The first-order chi connectivity index (χ1) is 15.3. The topological polar surface area (TPSA) is 133 Å². The normalized spacial score (nSPS) is 17.6. The molecule has 8 heteroatoms. The van der Waals surface area contributed by atoms with Crippen LogP contribution in [-0.4, -0.2) is 57.4 Å². The van der Waals surface area contributed by atoms with Crippen LogP contribution in [0.4, 0.5) is 0 Å². The Hall–Kier alpha value is -3.65. The predicted octanol–water partition coefficient (Wildman–Crippen LogP) is 1.23. The molecule has 0 spiro atoms. The summed E-state index contributed by atoms with van der Waals surface area (Å²) < 4.78 is 0. The second-order valence-electron chi connectivity index (χ2n) is 7.85. The number of ketones is 1. The number of nitrogens with zero attached hydrogens (tertiary/aromatic N) is 1. The van der Waals surface area contributed by atoms with E-state index in [1.807, 2.05) is 30.3 Å². The number of benzene rings is 2. The molecule has 0 aliphatic carbocycles. The predicted molar refractivity (Wildman–Crippen MR) is 119 cm³/mol. The number of carboxylic acid groups (broad SMARTS) is 1. The van der Waals surface area contributed by atoms with Crippen molar-refractivity contribution >= 4 is 17.7 Å². The molecule has 2 aromatic rings. The van der Waals surface area contributed by atoms with Crippen LogP contribution >= 0.6 is 0 Å². The molecule has 1 aliphatic heterocycles. The number of carbonyl (C=O) groups is 3. The van der Waals surface area contributed by atoms with Crippen LogP contribution < -0.4 is 11.1 Å². The maximum atomic E-state index is 12.5.